The first kappa shape index (κ1) is 16.2. The van der Waals surface area contributed by atoms with Crippen LogP contribution in [0.4, 0.5) is 4.39 Å². The quantitative estimate of drug-likeness (QED) is 0.674. The van der Waals surface area contributed by atoms with Gasteiger partial charge in [0.15, 0.2) is 12.2 Å². The van der Waals surface area contributed by atoms with Crippen molar-refractivity contribution in [1.29, 1.82) is 0 Å². The third-order valence-electron chi connectivity index (χ3n) is 6.34. The van der Waals surface area contributed by atoms with Gasteiger partial charge in [-0.2, -0.15) is 4.57 Å². The van der Waals surface area contributed by atoms with Crippen molar-refractivity contribution in [3.8, 4) is 11.3 Å². The van der Waals surface area contributed by atoms with Crippen LogP contribution in [0.15, 0.2) is 42.5 Å². The minimum atomic E-state index is -0.419. The van der Waals surface area contributed by atoms with E-state index in [4.69, 9.17) is 0 Å². The van der Waals surface area contributed by atoms with Crippen LogP contribution < -0.4 is 4.57 Å². The van der Waals surface area contributed by atoms with Crippen molar-refractivity contribution in [2.45, 2.75) is 64.6 Å². The molecule has 1 aromatic heterocycles. The number of pyridine rings is 1. The van der Waals surface area contributed by atoms with Gasteiger partial charge in [0.1, 0.15) is 0 Å². The molecule has 0 aliphatic carbocycles. The molecular formula is C21H27FN+. The number of aromatic nitrogens is 1. The van der Waals surface area contributed by atoms with Crippen LogP contribution >= 0.6 is 0 Å². The zero-order valence-corrected chi connectivity index (χ0v) is 14.7. The van der Waals surface area contributed by atoms with Gasteiger partial charge in [-0.15, -0.1) is 0 Å². The molecule has 1 aliphatic heterocycles. The number of hydrogen-bond acceptors (Lipinski definition) is 0. The average molecular weight is 312 g/mol. The predicted octanol–water partition coefficient (Wildman–Crippen LogP) is 5.31. The molecule has 23 heavy (non-hydrogen) atoms. The Hall–Kier alpha value is -1.70. The molecule has 3 rings (SSSR count). The fourth-order valence-corrected chi connectivity index (χ4v) is 4.93. The number of benzene rings is 1. The van der Waals surface area contributed by atoms with Crippen LogP contribution in [0, 0.1) is 0 Å². The number of halogens is 1. The highest BCUT2D eigenvalue weighted by Gasteiger charge is 2.58. The Balaban J connectivity index is 2.49. The molecule has 0 saturated heterocycles. The van der Waals surface area contributed by atoms with Crippen molar-refractivity contribution in [2.24, 2.45) is 0 Å². The molecule has 0 N–H and O–H groups in total. The van der Waals surface area contributed by atoms with Gasteiger partial charge in [-0.1, -0.05) is 39.0 Å². The topological polar surface area (TPSA) is 3.88 Å². The molecule has 1 atom stereocenters. The van der Waals surface area contributed by atoms with Crippen LogP contribution in [0.5, 0.6) is 0 Å². The lowest BCUT2D eigenvalue weighted by Crippen LogP contribution is -2.70. The molecule has 0 spiro atoms. The van der Waals surface area contributed by atoms with Crippen LogP contribution in [0.25, 0.3) is 11.3 Å². The number of rotatable bonds is 4. The van der Waals surface area contributed by atoms with Crippen LogP contribution in [-0.4, -0.2) is 0 Å². The number of fused-ring (bicyclic) bond motifs is 3. The van der Waals surface area contributed by atoms with E-state index in [-0.39, 0.29) is 11.0 Å². The molecule has 0 bridgehead atoms. The molecule has 1 aliphatic rings. The van der Waals surface area contributed by atoms with Gasteiger partial charge in [0.05, 0.1) is 11.0 Å². The van der Waals surface area contributed by atoms with Gasteiger partial charge < -0.3 is 0 Å². The lowest BCUT2D eigenvalue weighted by molar-refractivity contribution is -0.776. The van der Waals surface area contributed by atoms with Crippen molar-refractivity contribution in [3.63, 3.8) is 0 Å². The summed E-state index contributed by atoms with van der Waals surface area (Å²) in [7, 11) is 0. The van der Waals surface area contributed by atoms with E-state index >= 15 is 0 Å². The van der Waals surface area contributed by atoms with Gasteiger partial charge in [0.25, 0.3) is 0 Å². The number of nitrogens with zero attached hydrogens (tertiary/aromatic N) is 1. The van der Waals surface area contributed by atoms with E-state index in [2.05, 4.69) is 62.6 Å². The molecule has 1 nitrogen and oxygen atoms in total. The standard InChI is InChI=1S/C21H27FN/c1-5-20(4)18-13-9-8-12-17(18)19-14-10-11-16(15-22)23(19)21(20,6-2)7-3/h8-14H,5-7,15H2,1-4H3/q+1. The van der Waals surface area contributed by atoms with Gasteiger partial charge in [0, 0.05) is 25.0 Å². The Labute approximate surface area is 139 Å². The first-order valence-corrected chi connectivity index (χ1v) is 8.79. The minimum absolute atomic E-state index is 0.00394. The first-order chi connectivity index (χ1) is 11.1. The van der Waals surface area contributed by atoms with Gasteiger partial charge in [0.2, 0.25) is 11.4 Å². The summed E-state index contributed by atoms with van der Waals surface area (Å²) in [5.41, 5.74) is 4.52. The number of alkyl halides is 1. The second-order valence-electron chi connectivity index (χ2n) is 6.84. The third-order valence-corrected chi connectivity index (χ3v) is 6.34. The van der Waals surface area contributed by atoms with Crippen molar-refractivity contribution in [1.82, 2.24) is 0 Å². The highest BCUT2D eigenvalue weighted by atomic mass is 19.1. The largest absolute Gasteiger partial charge is 0.239 e. The molecule has 0 saturated carbocycles. The zero-order chi connectivity index (χ0) is 16.7. The lowest BCUT2D eigenvalue weighted by Gasteiger charge is -2.48. The van der Waals surface area contributed by atoms with Gasteiger partial charge in [-0.05, 0) is 31.0 Å². The highest BCUT2D eigenvalue weighted by Crippen LogP contribution is 2.51. The van der Waals surface area contributed by atoms with E-state index in [0.717, 1.165) is 30.7 Å². The molecular weight excluding hydrogens is 285 g/mol. The summed E-state index contributed by atoms with van der Waals surface area (Å²) in [4.78, 5) is 0. The molecule has 0 radical (unpaired) electrons. The van der Waals surface area contributed by atoms with Crippen LogP contribution in [0.2, 0.25) is 0 Å². The molecule has 122 valence electrons. The SMILES string of the molecule is CCC1(C)c2ccccc2-c2cccc(CF)[n+]2C1(CC)CC. The first-order valence-electron chi connectivity index (χ1n) is 8.79. The van der Waals surface area contributed by atoms with Crippen LogP contribution in [-0.2, 0) is 17.6 Å². The second-order valence-corrected chi connectivity index (χ2v) is 6.84. The molecule has 0 amide bonds. The Bertz CT molecular complexity index is 718. The Morgan fingerprint density at radius 3 is 2.22 bits per heavy atom. The molecule has 0 fully saturated rings. The van der Waals surface area contributed by atoms with E-state index in [1.807, 2.05) is 12.1 Å². The fourth-order valence-electron chi connectivity index (χ4n) is 4.93. The normalized spacial score (nSPS) is 21.6. The molecule has 1 unspecified atom stereocenters. The van der Waals surface area contributed by atoms with E-state index in [9.17, 15) is 4.39 Å². The van der Waals surface area contributed by atoms with Crippen LogP contribution in [0.1, 0.15) is 58.2 Å². The molecule has 2 aromatic rings. The Morgan fingerprint density at radius 2 is 1.61 bits per heavy atom. The zero-order valence-electron chi connectivity index (χ0n) is 14.7. The van der Waals surface area contributed by atoms with Crippen molar-refractivity contribution in [3.05, 3.63) is 53.7 Å². The summed E-state index contributed by atoms with van der Waals surface area (Å²) in [6.45, 7) is 8.70. The van der Waals surface area contributed by atoms with Crippen molar-refractivity contribution in [2.75, 3.05) is 0 Å². The predicted molar refractivity (Wildman–Crippen MR) is 93.1 cm³/mol. The summed E-state index contributed by atoms with van der Waals surface area (Å²) < 4.78 is 16.2. The summed E-state index contributed by atoms with van der Waals surface area (Å²) in [5, 5.41) is 0. The summed E-state index contributed by atoms with van der Waals surface area (Å²) in [5.74, 6) is 0. The number of hydrogen-bond donors (Lipinski definition) is 0. The lowest BCUT2D eigenvalue weighted by atomic mass is 9.58. The second kappa shape index (κ2) is 5.74. The Morgan fingerprint density at radius 1 is 0.913 bits per heavy atom. The maximum absolute atomic E-state index is 13.8. The molecule has 2 heterocycles. The van der Waals surface area contributed by atoms with Crippen LogP contribution in [0.3, 0.4) is 0 Å². The summed E-state index contributed by atoms with van der Waals surface area (Å²) >= 11 is 0. The third kappa shape index (κ3) is 1.93. The van der Waals surface area contributed by atoms with Gasteiger partial charge in [-0.3, -0.25) is 0 Å². The smallest absolute Gasteiger partial charge is 0.213 e. The summed E-state index contributed by atoms with van der Waals surface area (Å²) in [6, 6.07) is 14.8. The van der Waals surface area contributed by atoms with E-state index in [1.54, 1.807) is 0 Å². The van der Waals surface area contributed by atoms with E-state index in [1.165, 1.54) is 11.1 Å². The molecule has 2 heteroatoms. The molecule has 1 aromatic carbocycles. The van der Waals surface area contributed by atoms with E-state index < -0.39 is 6.67 Å². The highest BCUT2D eigenvalue weighted by molar-refractivity contribution is 5.65. The maximum Gasteiger partial charge on any atom is 0.213 e. The van der Waals surface area contributed by atoms with Crippen molar-refractivity contribution >= 4 is 0 Å². The van der Waals surface area contributed by atoms with Gasteiger partial charge >= 0.3 is 0 Å². The van der Waals surface area contributed by atoms with E-state index in [0.29, 0.717) is 0 Å². The average Bonchev–Trinajstić information content (AvgIpc) is 2.62. The van der Waals surface area contributed by atoms with Gasteiger partial charge in [-0.25, -0.2) is 4.39 Å². The maximum atomic E-state index is 13.8. The monoisotopic (exact) mass is 312 g/mol. The summed E-state index contributed by atoms with van der Waals surface area (Å²) in [6.07, 6.45) is 3.03. The fraction of sp³-hybridized carbons (Fsp3) is 0.476. The minimum Gasteiger partial charge on any atom is -0.239 e. The Kier molecular flexibility index (Phi) is 4.03. The van der Waals surface area contributed by atoms with Crippen molar-refractivity contribution < 1.29 is 8.96 Å².